The molecule has 0 saturated carbocycles. The normalized spacial score (nSPS) is 19.7. The second kappa shape index (κ2) is 7.17. The summed E-state index contributed by atoms with van der Waals surface area (Å²) in [5, 5.41) is 5.08. The zero-order chi connectivity index (χ0) is 17.9. The van der Waals surface area contributed by atoms with Crippen LogP contribution < -0.4 is 15.5 Å². The fourth-order valence-corrected chi connectivity index (χ4v) is 3.43. The van der Waals surface area contributed by atoms with Crippen LogP contribution in [0.15, 0.2) is 47.0 Å². The Labute approximate surface area is 152 Å². The minimum absolute atomic E-state index is 0.0838. The van der Waals surface area contributed by atoms with Crippen molar-refractivity contribution in [2.24, 2.45) is 4.99 Å². The van der Waals surface area contributed by atoms with E-state index in [1.807, 2.05) is 11.2 Å². The topological polar surface area (TPSA) is 82.1 Å². The second-order valence-corrected chi connectivity index (χ2v) is 6.42. The number of likely N-dealkylation sites (tertiary alicyclic amines) is 1. The van der Waals surface area contributed by atoms with Crippen LogP contribution in [0.3, 0.4) is 0 Å². The Morgan fingerprint density at radius 3 is 3.00 bits per heavy atom. The molecule has 1 saturated heterocycles. The Balaban J connectivity index is 1.34. The van der Waals surface area contributed by atoms with Crippen LogP contribution in [-0.2, 0) is 0 Å². The lowest BCUT2D eigenvalue weighted by atomic mass is 10.0. The summed E-state index contributed by atoms with van der Waals surface area (Å²) in [6, 6.07) is 3.52. The maximum atomic E-state index is 12.5. The molecular weight excluding hydrogens is 332 g/mol. The highest BCUT2D eigenvalue weighted by Crippen LogP contribution is 2.26. The van der Waals surface area contributed by atoms with Crippen LogP contribution >= 0.6 is 0 Å². The Morgan fingerprint density at radius 2 is 2.19 bits per heavy atom. The molecule has 2 N–H and O–H groups in total. The minimum Gasteiger partial charge on any atom is -0.481 e. The average molecular weight is 354 g/mol. The largest absolute Gasteiger partial charge is 0.481 e. The van der Waals surface area contributed by atoms with Crippen molar-refractivity contribution in [1.82, 2.24) is 25.6 Å². The van der Waals surface area contributed by atoms with Crippen molar-refractivity contribution in [3.8, 4) is 5.88 Å². The van der Waals surface area contributed by atoms with Crippen LogP contribution in [0.1, 0.15) is 23.2 Å². The number of fused-ring (bicyclic) bond motifs is 1. The molecule has 0 aliphatic carbocycles. The Morgan fingerprint density at radius 1 is 1.35 bits per heavy atom. The highest BCUT2D eigenvalue weighted by Gasteiger charge is 2.28. The number of methoxy groups -OCH3 is 1. The highest BCUT2D eigenvalue weighted by molar-refractivity contribution is 5.94. The smallest absolute Gasteiger partial charge is 0.251 e. The van der Waals surface area contributed by atoms with Crippen LogP contribution in [0.5, 0.6) is 5.88 Å². The molecule has 1 aromatic heterocycles. The molecule has 0 radical (unpaired) electrons. The number of hydrogen-bond donors (Lipinski definition) is 2. The van der Waals surface area contributed by atoms with Crippen LogP contribution in [0.2, 0.25) is 0 Å². The number of aliphatic imine (C=N–C) groups is 1. The lowest BCUT2D eigenvalue weighted by Crippen LogP contribution is -2.45. The zero-order valence-electron chi connectivity index (χ0n) is 14.7. The molecule has 0 unspecified atom stereocenters. The molecule has 136 valence electrons. The maximum absolute atomic E-state index is 12.5. The van der Waals surface area contributed by atoms with Gasteiger partial charge in [0, 0.05) is 43.5 Å². The van der Waals surface area contributed by atoms with Gasteiger partial charge in [0.25, 0.3) is 5.91 Å². The van der Waals surface area contributed by atoms with Crippen molar-refractivity contribution < 1.29 is 9.53 Å². The van der Waals surface area contributed by atoms with E-state index in [0.29, 0.717) is 11.4 Å². The second-order valence-electron chi connectivity index (χ2n) is 6.42. The number of nitrogens with zero attached hydrogens (tertiary/aromatic N) is 4. The summed E-state index contributed by atoms with van der Waals surface area (Å²) in [5.41, 5.74) is 6.11. The van der Waals surface area contributed by atoms with Gasteiger partial charge in [-0.25, -0.2) is 15.4 Å². The first-order chi connectivity index (χ1) is 12.7. The lowest BCUT2D eigenvalue weighted by Gasteiger charge is -2.37. The van der Waals surface area contributed by atoms with Gasteiger partial charge in [0.05, 0.1) is 24.7 Å². The standard InChI is InChI=1S/C18H22N6O2/c1-26-17-10-13(2-6-20-17)18(25)22-14-4-8-23(9-5-14)16-11-19-12-24-15(16)3-7-21-24/h2-3,6,10-12,14,21H,4-5,7-9H2,1H3,(H,22,25). The summed E-state index contributed by atoms with van der Waals surface area (Å²) in [6.07, 6.45) is 9.25. The molecule has 4 heterocycles. The van der Waals surface area contributed by atoms with Gasteiger partial charge in [-0.15, -0.1) is 0 Å². The number of pyridine rings is 1. The summed E-state index contributed by atoms with van der Waals surface area (Å²) in [6.45, 7) is 2.59. The Hall–Kier alpha value is -2.87. The molecule has 0 aromatic carbocycles. The number of carbonyl (C=O) groups excluding carboxylic acids is 1. The summed E-state index contributed by atoms with van der Waals surface area (Å²) in [4.78, 5) is 23.1. The predicted molar refractivity (Wildman–Crippen MR) is 97.3 cm³/mol. The number of ether oxygens (including phenoxy) is 1. The van der Waals surface area contributed by atoms with E-state index >= 15 is 0 Å². The van der Waals surface area contributed by atoms with Gasteiger partial charge in [-0.3, -0.25) is 9.80 Å². The molecule has 1 amide bonds. The third-order valence-corrected chi connectivity index (χ3v) is 4.84. The first kappa shape index (κ1) is 16.6. The summed E-state index contributed by atoms with van der Waals surface area (Å²) in [5.74, 6) is 0.361. The fraction of sp³-hybridized carbons (Fsp3) is 0.389. The number of hydrazine groups is 1. The molecule has 0 bridgehead atoms. The van der Waals surface area contributed by atoms with Gasteiger partial charge in [-0.2, -0.15) is 0 Å². The number of nitrogens with one attached hydrogen (secondary N) is 2. The Kier molecular flexibility index (Phi) is 4.57. The van der Waals surface area contributed by atoms with Crippen molar-refractivity contribution in [2.45, 2.75) is 18.9 Å². The summed E-state index contributed by atoms with van der Waals surface area (Å²) >= 11 is 0. The van der Waals surface area contributed by atoms with Crippen molar-refractivity contribution >= 4 is 12.2 Å². The summed E-state index contributed by atoms with van der Waals surface area (Å²) in [7, 11) is 1.54. The van der Waals surface area contributed by atoms with Gasteiger partial charge in [0.15, 0.2) is 0 Å². The van der Waals surface area contributed by atoms with Crippen LogP contribution in [0.4, 0.5) is 0 Å². The molecule has 4 rings (SSSR count). The van der Waals surface area contributed by atoms with Gasteiger partial charge in [0.2, 0.25) is 5.88 Å². The lowest BCUT2D eigenvalue weighted by molar-refractivity contribution is 0.0917. The molecule has 8 heteroatoms. The van der Waals surface area contributed by atoms with E-state index in [1.165, 1.54) is 0 Å². The van der Waals surface area contributed by atoms with E-state index in [1.54, 1.807) is 31.8 Å². The molecule has 3 aliphatic rings. The number of rotatable bonds is 4. The third kappa shape index (κ3) is 3.28. The first-order valence-corrected chi connectivity index (χ1v) is 8.77. The van der Waals surface area contributed by atoms with Gasteiger partial charge in [0.1, 0.15) is 6.34 Å². The Bertz CT molecular complexity index is 780. The van der Waals surface area contributed by atoms with Crippen molar-refractivity contribution in [3.05, 3.63) is 47.6 Å². The minimum atomic E-state index is -0.0838. The number of amides is 1. The SMILES string of the molecule is COc1cc(C(=O)NC2CCN(C3=CN=CN4NCC=C34)CC2)ccn1. The fourth-order valence-electron chi connectivity index (χ4n) is 3.43. The molecular formula is C18H22N6O2. The molecule has 26 heavy (non-hydrogen) atoms. The average Bonchev–Trinajstić information content (AvgIpc) is 3.17. The van der Waals surface area contributed by atoms with Gasteiger partial charge in [-0.05, 0) is 25.0 Å². The molecule has 1 aromatic rings. The summed E-state index contributed by atoms with van der Waals surface area (Å²) < 4.78 is 5.08. The van der Waals surface area contributed by atoms with Crippen molar-refractivity contribution in [3.63, 3.8) is 0 Å². The van der Waals surface area contributed by atoms with Crippen LogP contribution in [0.25, 0.3) is 0 Å². The third-order valence-electron chi connectivity index (χ3n) is 4.84. The number of hydrogen-bond acceptors (Lipinski definition) is 7. The van der Waals surface area contributed by atoms with Crippen molar-refractivity contribution in [2.75, 3.05) is 26.7 Å². The van der Waals surface area contributed by atoms with E-state index < -0.39 is 0 Å². The number of aromatic nitrogens is 1. The number of piperidine rings is 1. The van der Waals surface area contributed by atoms with E-state index in [-0.39, 0.29) is 11.9 Å². The number of carbonyl (C=O) groups is 1. The van der Waals surface area contributed by atoms with E-state index in [0.717, 1.165) is 43.9 Å². The predicted octanol–water partition coefficient (Wildman–Crippen LogP) is 0.872. The molecule has 8 nitrogen and oxygen atoms in total. The quantitative estimate of drug-likeness (QED) is 0.835. The van der Waals surface area contributed by atoms with Gasteiger partial charge < -0.3 is 15.0 Å². The van der Waals surface area contributed by atoms with Crippen LogP contribution in [-0.4, -0.2) is 59.9 Å². The van der Waals surface area contributed by atoms with Gasteiger partial charge >= 0.3 is 0 Å². The highest BCUT2D eigenvalue weighted by atomic mass is 16.5. The molecule has 1 fully saturated rings. The molecule has 0 spiro atoms. The maximum Gasteiger partial charge on any atom is 0.251 e. The zero-order valence-corrected chi connectivity index (χ0v) is 14.7. The monoisotopic (exact) mass is 354 g/mol. The first-order valence-electron chi connectivity index (χ1n) is 8.77. The molecule has 3 aliphatic heterocycles. The van der Waals surface area contributed by atoms with E-state index in [2.05, 4.69) is 31.7 Å². The van der Waals surface area contributed by atoms with Crippen LogP contribution in [0, 0.1) is 0 Å². The van der Waals surface area contributed by atoms with E-state index in [4.69, 9.17) is 4.74 Å². The molecule has 0 atom stereocenters. The van der Waals surface area contributed by atoms with Crippen molar-refractivity contribution in [1.29, 1.82) is 0 Å². The van der Waals surface area contributed by atoms with E-state index in [9.17, 15) is 4.79 Å². The van der Waals surface area contributed by atoms with Gasteiger partial charge in [-0.1, -0.05) is 0 Å².